The van der Waals surface area contributed by atoms with E-state index in [-0.39, 0.29) is 48.0 Å². The summed E-state index contributed by atoms with van der Waals surface area (Å²) in [7, 11) is 0. The number of anilines is 1. The van der Waals surface area contributed by atoms with Crippen molar-refractivity contribution in [1.82, 2.24) is 0 Å². The average Bonchev–Trinajstić information content (AvgIpc) is 3.01. The molecule has 2 aliphatic rings. The van der Waals surface area contributed by atoms with Gasteiger partial charge in [0.25, 0.3) is 5.69 Å². The topological polar surface area (TPSA) is 142 Å². The number of Topliss-reactive ketones (excluding diaryl/α,β-unsaturated/α-hetero) is 1. The zero-order valence-electron chi connectivity index (χ0n) is 24.1. The van der Waals surface area contributed by atoms with Crippen molar-refractivity contribution in [3.05, 3.63) is 129 Å². The van der Waals surface area contributed by atoms with Gasteiger partial charge < -0.3 is 15.2 Å². The molecule has 5 rings (SSSR count). The second kappa shape index (κ2) is 12.5. The van der Waals surface area contributed by atoms with Crippen molar-refractivity contribution in [3.8, 4) is 0 Å². The number of ketones is 1. The number of hydrogen-bond donors (Lipinski definition) is 1. The van der Waals surface area contributed by atoms with Crippen LogP contribution < -0.4 is 10.6 Å². The van der Waals surface area contributed by atoms with Gasteiger partial charge in [-0.15, -0.1) is 0 Å². The van der Waals surface area contributed by atoms with Gasteiger partial charge in [-0.1, -0.05) is 48.5 Å². The maximum absolute atomic E-state index is 14.7. The van der Waals surface area contributed by atoms with Gasteiger partial charge >= 0.3 is 11.9 Å². The van der Waals surface area contributed by atoms with Crippen LogP contribution in [0.15, 0.2) is 102 Å². The van der Waals surface area contributed by atoms with E-state index in [0.29, 0.717) is 16.8 Å². The first-order valence-electron chi connectivity index (χ1n) is 14.1. The number of nitrogens with zero attached hydrogens (tertiary/aromatic N) is 2. The summed E-state index contributed by atoms with van der Waals surface area (Å²) < 4.78 is 25.4. The number of ether oxygens (including phenoxy) is 2. The lowest BCUT2D eigenvalue weighted by molar-refractivity contribution is -0.384. The Morgan fingerprint density at radius 2 is 1.66 bits per heavy atom. The Hall–Kier alpha value is -5.32. The molecule has 3 aromatic rings. The molecule has 1 aliphatic carbocycles. The van der Waals surface area contributed by atoms with Crippen molar-refractivity contribution in [2.75, 3.05) is 18.1 Å². The van der Waals surface area contributed by atoms with E-state index in [1.165, 1.54) is 47.4 Å². The highest BCUT2D eigenvalue weighted by molar-refractivity contribution is 6.14. The lowest BCUT2D eigenvalue weighted by Gasteiger charge is -2.44. The zero-order valence-corrected chi connectivity index (χ0v) is 24.1. The average molecular weight is 600 g/mol. The van der Waals surface area contributed by atoms with Crippen LogP contribution >= 0.6 is 0 Å². The second-order valence-corrected chi connectivity index (χ2v) is 10.3. The summed E-state index contributed by atoms with van der Waals surface area (Å²) in [5.74, 6) is -5.90. The smallest absolute Gasteiger partial charge is 0.338 e. The number of halogens is 1. The van der Waals surface area contributed by atoms with Crippen molar-refractivity contribution in [3.63, 3.8) is 0 Å². The van der Waals surface area contributed by atoms with Crippen LogP contribution in [0.25, 0.3) is 0 Å². The van der Waals surface area contributed by atoms with Gasteiger partial charge in [0.1, 0.15) is 17.6 Å². The lowest BCUT2D eigenvalue weighted by atomic mass is 9.67. The van der Waals surface area contributed by atoms with Gasteiger partial charge in [-0.2, -0.15) is 0 Å². The summed E-state index contributed by atoms with van der Waals surface area (Å²) in [6.45, 7) is 3.28. The van der Waals surface area contributed by atoms with E-state index in [1.54, 1.807) is 32.0 Å². The maximum atomic E-state index is 14.7. The number of benzene rings is 3. The normalized spacial score (nSPS) is 19.8. The minimum absolute atomic E-state index is 0.00998. The molecule has 1 aliphatic heterocycles. The molecule has 226 valence electrons. The molecule has 0 saturated carbocycles. The number of rotatable bonds is 8. The first-order chi connectivity index (χ1) is 21.2. The molecule has 0 spiro atoms. The van der Waals surface area contributed by atoms with E-state index in [2.05, 4.69) is 0 Å². The lowest BCUT2D eigenvalue weighted by Crippen LogP contribution is -2.46. The number of carbonyl (C=O) groups excluding carboxylic acids is 3. The molecule has 3 atom stereocenters. The molecular weight excluding hydrogens is 569 g/mol. The second-order valence-electron chi connectivity index (χ2n) is 10.3. The third kappa shape index (κ3) is 5.44. The van der Waals surface area contributed by atoms with E-state index in [1.807, 2.05) is 18.2 Å². The first kappa shape index (κ1) is 30.1. The van der Waals surface area contributed by atoms with Gasteiger partial charge in [-0.05, 0) is 49.6 Å². The van der Waals surface area contributed by atoms with Crippen molar-refractivity contribution >= 4 is 29.1 Å². The quantitative estimate of drug-likeness (QED) is 0.159. The Kier molecular flexibility index (Phi) is 8.57. The highest BCUT2D eigenvalue weighted by Crippen LogP contribution is 2.51. The Bertz CT molecular complexity index is 1680. The predicted molar refractivity (Wildman–Crippen MR) is 159 cm³/mol. The Balaban J connectivity index is 1.82. The van der Waals surface area contributed by atoms with Gasteiger partial charge in [0.2, 0.25) is 0 Å². The fraction of sp³-hybridized carbons (Fsp3) is 0.242. The van der Waals surface area contributed by atoms with Crippen LogP contribution in [0.4, 0.5) is 15.8 Å². The Morgan fingerprint density at radius 1 is 0.977 bits per heavy atom. The molecule has 0 amide bonds. The van der Waals surface area contributed by atoms with Crippen LogP contribution in [0, 0.1) is 21.8 Å². The number of nitro groups is 1. The minimum atomic E-state index is -1.27. The van der Waals surface area contributed by atoms with Gasteiger partial charge in [0.15, 0.2) is 5.78 Å². The van der Waals surface area contributed by atoms with Crippen LogP contribution in [-0.2, 0) is 23.9 Å². The maximum Gasteiger partial charge on any atom is 0.338 e. The minimum Gasteiger partial charge on any atom is -0.465 e. The Labute approximate surface area is 252 Å². The van der Waals surface area contributed by atoms with Crippen LogP contribution in [0.2, 0.25) is 0 Å². The van der Waals surface area contributed by atoms with Crippen molar-refractivity contribution in [2.45, 2.75) is 32.1 Å². The molecule has 0 bridgehead atoms. The van der Waals surface area contributed by atoms with E-state index in [0.717, 1.165) is 0 Å². The molecule has 2 N–H and O–H groups in total. The number of carbonyl (C=O) groups is 3. The Morgan fingerprint density at radius 3 is 2.27 bits per heavy atom. The van der Waals surface area contributed by atoms with Gasteiger partial charge in [0, 0.05) is 29.3 Å². The molecule has 3 aromatic carbocycles. The standard InChI is InChI=1S/C33H30FN3O7/c1-3-43-32(39)27-24(19-9-6-5-7-10-19)18-25-28(30(27)38)26(20-13-15-22(16-14-20)37(41)42)29(33(40)44-4-2)31(35)36(25)23-12-8-11-21(34)17-23/h5-17,24,26-27H,3-4,18,35H2,1-2H3/t24-,26-,27+/m0/s1. The summed E-state index contributed by atoms with van der Waals surface area (Å²) in [4.78, 5) is 54.1. The summed E-state index contributed by atoms with van der Waals surface area (Å²) in [5, 5.41) is 11.4. The van der Waals surface area contributed by atoms with E-state index in [9.17, 15) is 28.9 Å². The molecule has 0 fully saturated rings. The zero-order chi connectivity index (χ0) is 31.5. The summed E-state index contributed by atoms with van der Waals surface area (Å²) in [6, 6.07) is 20.0. The predicted octanol–water partition coefficient (Wildman–Crippen LogP) is 5.26. The SMILES string of the molecule is CCOC(=O)C1=C(N)N(c2cccc(F)c2)C2=C(C(=O)[C@H](C(=O)OCC)[C@H](c3ccccc3)C2)[C@@H]1c1ccc([N+](=O)[O-])cc1. The molecule has 0 saturated heterocycles. The van der Waals surface area contributed by atoms with Crippen molar-refractivity contribution in [1.29, 1.82) is 0 Å². The van der Waals surface area contributed by atoms with Crippen molar-refractivity contribution < 1.29 is 33.2 Å². The number of non-ortho nitro benzene ring substituents is 1. The highest BCUT2D eigenvalue weighted by Gasteiger charge is 2.51. The van der Waals surface area contributed by atoms with Crippen LogP contribution in [0.3, 0.4) is 0 Å². The first-order valence-corrected chi connectivity index (χ1v) is 14.1. The van der Waals surface area contributed by atoms with Gasteiger partial charge in [-0.3, -0.25) is 24.6 Å². The summed E-state index contributed by atoms with van der Waals surface area (Å²) in [6.07, 6.45) is 0.103. The number of allylic oxidation sites excluding steroid dienone is 2. The largest absolute Gasteiger partial charge is 0.465 e. The van der Waals surface area contributed by atoms with Crippen LogP contribution in [-0.4, -0.2) is 35.9 Å². The molecular formula is C33H30FN3O7. The highest BCUT2D eigenvalue weighted by atomic mass is 19.1. The fourth-order valence-electron chi connectivity index (χ4n) is 5.98. The molecule has 1 heterocycles. The number of hydrogen-bond acceptors (Lipinski definition) is 9. The molecule has 0 unspecified atom stereocenters. The van der Waals surface area contributed by atoms with E-state index >= 15 is 0 Å². The third-order valence-electron chi connectivity index (χ3n) is 7.81. The van der Waals surface area contributed by atoms with Gasteiger partial charge in [0.05, 0.1) is 35.3 Å². The van der Waals surface area contributed by atoms with Gasteiger partial charge in [-0.25, -0.2) is 9.18 Å². The van der Waals surface area contributed by atoms with E-state index < -0.39 is 46.2 Å². The number of nitrogens with two attached hydrogens (primary N) is 1. The molecule has 0 radical (unpaired) electrons. The third-order valence-corrected chi connectivity index (χ3v) is 7.81. The number of nitro benzene ring substituents is 1. The van der Waals surface area contributed by atoms with Crippen molar-refractivity contribution in [2.24, 2.45) is 11.7 Å². The fourth-order valence-corrected chi connectivity index (χ4v) is 5.98. The summed E-state index contributed by atoms with van der Waals surface area (Å²) >= 11 is 0. The van der Waals surface area contributed by atoms with Crippen LogP contribution in [0.1, 0.15) is 43.2 Å². The summed E-state index contributed by atoms with van der Waals surface area (Å²) in [5.41, 5.74) is 8.20. The molecule has 11 heteroatoms. The van der Waals surface area contributed by atoms with E-state index in [4.69, 9.17) is 15.2 Å². The van der Waals surface area contributed by atoms with Crippen LogP contribution in [0.5, 0.6) is 0 Å². The monoisotopic (exact) mass is 599 g/mol. The number of esters is 2. The molecule has 10 nitrogen and oxygen atoms in total. The molecule has 0 aromatic heterocycles. The molecule has 44 heavy (non-hydrogen) atoms.